The molecule has 2 unspecified atom stereocenters. The highest BCUT2D eigenvalue weighted by Crippen LogP contribution is 2.47. The summed E-state index contributed by atoms with van der Waals surface area (Å²) in [7, 11) is 4.85. The van der Waals surface area contributed by atoms with E-state index in [1.165, 1.54) is 0 Å². The van der Waals surface area contributed by atoms with Crippen LogP contribution in [0, 0.1) is 4.77 Å². The summed E-state index contributed by atoms with van der Waals surface area (Å²) in [5.41, 5.74) is 4.51. The first-order valence-corrected chi connectivity index (χ1v) is 12.6. The molecule has 9 heteroatoms. The number of methoxy groups -OCH3 is 3. The Morgan fingerprint density at radius 3 is 2.49 bits per heavy atom. The Morgan fingerprint density at radius 1 is 1.00 bits per heavy atom. The van der Waals surface area contributed by atoms with Crippen molar-refractivity contribution in [3.05, 3.63) is 76.6 Å². The van der Waals surface area contributed by atoms with Gasteiger partial charge in [0.15, 0.2) is 16.3 Å². The fourth-order valence-corrected chi connectivity index (χ4v) is 5.05. The highest BCUT2D eigenvalue weighted by molar-refractivity contribution is 7.71. The van der Waals surface area contributed by atoms with Crippen LogP contribution in [0.2, 0.25) is 0 Å². The standard InChI is InChI=1S/C28H30N4O4S/c1-34-24-14-18(15-25(35-2)26(24)36-3)20-16-22(20)29-11-12-30-27(33)17-7-6-8-19(13-17)32-23-10-5-4-9-21(23)31-28(32)37/h4-10,13-15,20,22,29H,11-12,16H2,1-3H3,(H,30,33)(H,31,37). The summed E-state index contributed by atoms with van der Waals surface area (Å²) in [4.78, 5) is 16.1. The molecule has 0 bridgehead atoms. The minimum Gasteiger partial charge on any atom is -0.493 e. The average Bonchev–Trinajstić information content (AvgIpc) is 3.62. The number of fused-ring (bicyclic) bond motifs is 1. The summed E-state index contributed by atoms with van der Waals surface area (Å²) < 4.78 is 18.9. The zero-order valence-electron chi connectivity index (χ0n) is 21.0. The summed E-state index contributed by atoms with van der Waals surface area (Å²) in [5.74, 6) is 2.16. The lowest BCUT2D eigenvalue weighted by molar-refractivity contribution is 0.0954. The van der Waals surface area contributed by atoms with Crippen molar-refractivity contribution in [2.75, 3.05) is 34.4 Å². The van der Waals surface area contributed by atoms with Gasteiger partial charge in [0, 0.05) is 36.3 Å². The van der Waals surface area contributed by atoms with Crippen LogP contribution < -0.4 is 24.8 Å². The van der Waals surface area contributed by atoms with Gasteiger partial charge in [-0.3, -0.25) is 9.36 Å². The quantitative estimate of drug-likeness (QED) is 0.210. The van der Waals surface area contributed by atoms with Crippen LogP contribution >= 0.6 is 12.2 Å². The number of carbonyl (C=O) groups excluding carboxylic acids is 1. The molecule has 3 N–H and O–H groups in total. The summed E-state index contributed by atoms with van der Waals surface area (Å²) in [5, 5.41) is 6.54. The first-order chi connectivity index (χ1) is 18.0. The fraction of sp³-hybridized carbons (Fsp3) is 0.286. The number of benzene rings is 3. The van der Waals surface area contributed by atoms with E-state index in [-0.39, 0.29) is 5.91 Å². The molecule has 0 saturated heterocycles. The van der Waals surface area contributed by atoms with Crippen molar-refractivity contribution >= 4 is 29.2 Å². The number of hydrogen-bond donors (Lipinski definition) is 3. The van der Waals surface area contributed by atoms with Gasteiger partial charge in [0.05, 0.1) is 32.4 Å². The van der Waals surface area contributed by atoms with Gasteiger partial charge in [0.1, 0.15) is 0 Å². The van der Waals surface area contributed by atoms with Crippen molar-refractivity contribution in [3.63, 3.8) is 0 Å². The lowest BCUT2D eigenvalue weighted by atomic mass is 10.1. The highest BCUT2D eigenvalue weighted by atomic mass is 32.1. The van der Waals surface area contributed by atoms with Gasteiger partial charge < -0.3 is 29.8 Å². The minimum absolute atomic E-state index is 0.119. The molecule has 4 aromatic rings. The first-order valence-electron chi connectivity index (χ1n) is 12.2. The molecule has 3 aromatic carbocycles. The van der Waals surface area contributed by atoms with Crippen LogP contribution in [-0.4, -0.2) is 55.9 Å². The van der Waals surface area contributed by atoms with Crippen molar-refractivity contribution in [2.45, 2.75) is 18.4 Å². The number of imidazole rings is 1. The molecule has 0 radical (unpaired) electrons. The molecular formula is C28H30N4O4S. The van der Waals surface area contributed by atoms with Crippen molar-refractivity contribution in [2.24, 2.45) is 0 Å². The second kappa shape index (κ2) is 10.7. The van der Waals surface area contributed by atoms with Crippen LogP contribution in [0.25, 0.3) is 16.7 Å². The van der Waals surface area contributed by atoms with Crippen molar-refractivity contribution in [1.29, 1.82) is 0 Å². The molecule has 2 atom stereocenters. The third kappa shape index (κ3) is 5.05. The van der Waals surface area contributed by atoms with E-state index in [4.69, 9.17) is 26.4 Å². The lowest BCUT2D eigenvalue weighted by Gasteiger charge is -2.14. The number of aromatic nitrogens is 2. The SMILES string of the molecule is COc1cc(C2CC2NCCNC(=O)c2cccc(-n3c(=S)[nH]c4ccccc43)c2)cc(OC)c1OC. The average molecular weight is 519 g/mol. The summed E-state index contributed by atoms with van der Waals surface area (Å²) in [6.07, 6.45) is 1.01. The van der Waals surface area contributed by atoms with Crippen LogP contribution in [0.1, 0.15) is 28.3 Å². The van der Waals surface area contributed by atoms with Crippen LogP contribution in [0.5, 0.6) is 17.2 Å². The Labute approximate surface area is 220 Å². The van der Waals surface area contributed by atoms with E-state index in [1.54, 1.807) is 21.3 Å². The van der Waals surface area contributed by atoms with E-state index < -0.39 is 0 Å². The van der Waals surface area contributed by atoms with E-state index in [2.05, 4.69) is 15.6 Å². The third-order valence-electron chi connectivity index (χ3n) is 6.68. The topological polar surface area (TPSA) is 89.5 Å². The van der Waals surface area contributed by atoms with Crippen LogP contribution in [0.15, 0.2) is 60.7 Å². The van der Waals surface area contributed by atoms with Gasteiger partial charge >= 0.3 is 0 Å². The van der Waals surface area contributed by atoms with E-state index >= 15 is 0 Å². The van der Waals surface area contributed by atoms with Gasteiger partial charge in [-0.05, 0) is 66.7 Å². The first kappa shape index (κ1) is 24.9. The Bertz CT molecular complexity index is 1470. The summed E-state index contributed by atoms with van der Waals surface area (Å²) in [6.45, 7) is 1.19. The smallest absolute Gasteiger partial charge is 0.251 e. The minimum atomic E-state index is -0.119. The van der Waals surface area contributed by atoms with E-state index in [0.29, 0.717) is 52.6 Å². The number of carbonyl (C=O) groups is 1. The Morgan fingerprint density at radius 2 is 1.76 bits per heavy atom. The molecule has 1 fully saturated rings. The second-order valence-corrected chi connectivity index (χ2v) is 9.34. The molecule has 1 heterocycles. The summed E-state index contributed by atoms with van der Waals surface area (Å²) >= 11 is 5.52. The largest absolute Gasteiger partial charge is 0.493 e. The number of H-pyrrole nitrogens is 1. The highest BCUT2D eigenvalue weighted by Gasteiger charge is 2.38. The number of ether oxygens (including phenoxy) is 3. The molecule has 1 aromatic heterocycles. The molecule has 1 aliphatic rings. The monoisotopic (exact) mass is 518 g/mol. The molecule has 1 amide bonds. The number of aromatic amines is 1. The zero-order valence-corrected chi connectivity index (χ0v) is 21.9. The molecule has 8 nitrogen and oxygen atoms in total. The normalized spacial score (nSPS) is 16.4. The summed E-state index contributed by atoms with van der Waals surface area (Å²) in [6, 6.07) is 19.8. The molecule has 0 aliphatic heterocycles. The van der Waals surface area contributed by atoms with Gasteiger partial charge in [-0.15, -0.1) is 0 Å². The van der Waals surface area contributed by atoms with Crippen molar-refractivity contribution < 1.29 is 19.0 Å². The Kier molecular flexibility index (Phi) is 7.16. The molecule has 192 valence electrons. The van der Waals surface area contributed by atoms with Gasteiger partial charge in [0.2, 0.25) is 5.75 Å². The van der Waals surface area contributed by atoms with Gasteiger partial charge in [-0.2, -0.15) is 0 Å². The van der Waals surface area contributed by atoms with E-state index in [1.807, 2.05) is 65.2 Å². The number of nitrogens with zero attached hydrogens (tertiary/aromatic N) is 1. The Hall–Kier alpha value is -3.82. The van der Waals surface area contributed by atoms with E-state index in [0.717, 1.165) is 28.7 Å². The second-order valence-electron chi connectivity index (χ2n) is 8.95. The molecule has 1 saturated carbocycles. The van der Waals surface area contributed by atoms with Gasteiger partial charge in [-0.25, -0.2) is 0 Å². The predicted octanol–water partition coefficient (Wildman–Crippen LogP) is 4.59. The van der Waals surface area contributed by atoms with Crippen LogP contribution in [0.3, 0.4) is 0 Å². The maximum Gasteiger partial charge on any atom is 0.251 e. The Balaban J connectivity index is 1.17. The predicted molar refractivity (Wildman–Crippen MR) is 146 cm³/mol. The number of nitrogens with one attached hydrogen (secondary N) is 3. The number of rotatable bonds is 10. The van der Waals surface area contributed by atoms with Crippen LogP contribution in [-0.2, 0) is 0 Å². The zero-order chi connectivity index (χ0) is 25.9. The maximum absolute atomic E-state index is 12.8. The van der Waals surface area contributed by atoms with Crippen molar-refractivity contribution in [3.8, 4) is 22.9 Å². The number of amides is 1. The molecule has 5 rings (SSSR count). The molecule has 37 heavy (non-hydrogen) atoms. The third-order valence-corrected chi connectivity index (χ3v) is 6.96. The molecule has 0 spiro atoms. The van der Waals surface area contributed by atoms with Gasteiger partial charge in [0.25, 0.3) is 5.91 Å². The maximum atomic E-state index is 12.8. The molecule has 1 aliphatic carbocycles. The molecular weight excluding hydrogens is 488 g/mol. The number of hydrogen-bond acceptors (Lipinski definition) is 6. The van der Waals surface area contributed by atoms with Crippen LogP contribution in [0.4, 0.5) is 0 Å². The number of para-hydroxylation sites is 2. The van der Waals surface area contributed by atoms with Crippen molar-refractivity contribution in [1.82, 2.24) is 20.2 Å². The lowest BCUT2D eigenvalue weighted by Crippen LogP contribution is -2.33. The fourth-order valence-electron chi connectivity index (χ4n) is 4.74. The van der Waals surface area contributed by atoms with E-state index in [9.17, 15) is 4.79 Å². The van der Waals surface area contributed by atoms with Gasteiger partial charge in [-0.1, -0.05) is 18.2 Å².